The normalized spacial score (nSPS) is 11.8. The Balaban J connectivity index is 2.73. The van der Waals surface area contributed by atoms with Crippen molar-refractivity contribution >= 4 is 0 Å². The fourth-order valence-corrected chi connectivity index (χ4v) is 1.10. The number of hydrogen-bond acceptors (Lipinski definition) is 2. The molecule has 0 aromatic carbocycles. The maximum atomic E-state index is 5.29. The first-order chi connectivity index (χ1) is 6.26. The van der Waals surface area contributed by atoms with Crippen molar-refractivity contribution in [3.05, 3.63) is 24.0 Å². The lowest BCUT2D eigenvalue weighted by Crippen LogP contribution is -1.97. The van der Waals surface area contributed by atoms with Crippen LogP contribution in [0.5, 0.6) is 5.75 Å². The van der Waals surface area contributed by atoms with Crippen LogP contribution in [-0.2, 0) is 6.42 Å². The van der Waals surface area contributed by atoms with E-state index in [2.05, 4.69) is 10.9 Å². The van der Waals surface area contributed by atoms with E-state index in [9.17, 15) is 0 Å². The Labute approximate surface area is 79.0 Å². The van der Waals surface area contributed by atoms with E-state index < -0.39 is 0 Å². The Kier molecular flexibility index (Phi) is 3.33. The number of ether oxygens (including phenoxy) is 1. The molecular weight excluding hydrogens is 162 g/mol. The fraction of sp³-hybridized carbons (Fsp3) is 0.364. The van der Waals surface area contributed by atoms with Crippen molar-refractivity contribution in [2.75, 3.05) is 7.11 Å². The van der Waals surface area contributed by atoms with Crippen molar-refractivity contribution in [1.82, 2.24) is 4.98 Å². The van der Waals surface area contributed by atoms with Crippen LogP contribution in [0.1, 0.15) is 12.5 Å². The molecule has 0 spiro atoms. The van der Waals surface area contributed by atoms with Gasteiger partial charge in [0.15, 0.2) is 0 Å². The second-order valence-electron chi connectivity index (χ2n) is 3.00. The van der Waals surface area contributed by atoms with E-state index in [1.807, 2.05) is 19.2 Å². The lowest BCUT2D eigenvalue weighted by Gasteiger charge is -2.05. The third kappa shape index (κ3) is 2.79. The third-order valence-electron chi connectivity index (χ3n) is 1.83. The monoisotopic (exact) mass is 175 g/mol. The molecule has 0 aliphatic rings. The number of rotatable bonds is 3. The van der Waals surface area contributed by atoms with Gasteiger partial charge in [0.1, 0.15) is 5.75 Å². The summed E-state index contributed by atoms with van der Waals surface area (Å²) < 4.78 is 5.06. The smallest absolute Gasteiger partial charge is 0.137 e. The average molecular weight is 175 g/mol. The second-order valence-corrected chi connectivity index (χ2v) is 3.00. The SMILES string of the molecule is C#CC(C)Cc1cncc(OC)c1. The topological polar surface area (TPSA) is 22.1 Å². The standard InChI is InChI=1S/C11H13NO/c1-4-9(2)5-10-6-11(13-3)8-12-7-10/h1,6-9H,5H2,2-3H3. The molecule has 0 aliphatic carbocycles. The highest BCUT2D eigenvalue weighted by Crippen LogP contribution is 2.13. The van der Waals surface area contributed by atoms with Crippen molar-refractivity contribution in [2.24, 2.45) is 5.92 Å². The van der Waals surface area contributed by atoms with Crippen LogP contribution in [0.25, 0.3) is 0 Å². The van der Waals surface area contributed by atoms with E-state index in [0.29, 0.717) is 0 Å². The highest BCUT2D eigenvalue weighted by Gasteiger charge is 2.01. The van der Waals surface area contributed by atoms with Crippen LogP contribution in [0.2, 0.25) is 0 Å². The molecule has 0 bridgehead atoms. The maximum absolute atomic E-state index is 5.29. The van der Waals surface area contributed by atoms with Crippen LogP contribution in [0.15, 0.2) is 18.5 Å². The van der Waals surface area contributed by atoms with Crippen molar-refractivity contribution < 1.29 is 4.74 Å². The molecule has 13 heavy (non-hydrogen) atoms. The fourth-order valence-electron chi connectivity index (χ4n) is 1.10. The van der Waals surface area contributed by atoms with Gasteiger partial charge in [0.05, 0.1) is 13.3 Å². The van der Waals surface area contributed by atoms with Crippen LogP contribution in [-0.4, -0.2) is 12.1 Å². The Morgan fingerprint density at radius 2 is 2.38 bits per heavy atom. The van der Waals surface area contributed by atoms with Crippen molar-refractivity contribution in [3.8, 4) is 18.1 Å². The van der Waals surface area contributed by atoms with Crippen LogP contribution in [0.4, 0.5) is 0 Å². The molecule has 1 rings (SSSR count). The first kappa shape index (κ1) is 9.60. The van der Waals surface area contributed by atoms with Gasteiger partial charge in [-0.05, 0) is 18.1 Å². The zero-order valence-corrected chi connectivity index (χ0v) is 7.95. The quantitative estimate of drug-likeness (QED) is 0.654. The van der Waals surface area contributed by atoms with E-state index in [1.54, 1.807) is 13.3 Å². The lowest BCUT2D eigenvalue weighted by atomic mass is 10.0. The van der Waals surface area contributed by atoms with Crippen LogP contribution in [0, 0.1) is 18.3 Å². The van der Waals surface area contributed by atoms with Gasteiger partial charge in [-0.1, -0.05) is 6.92 Å². The molecule has 68 valence electrons. The van der Waals surface area contributed by atoms with E-state index >= 15 is 0 Å². The van der Waals surface area contributed by atoms with Gasteiger partial charge in [-0.2, -0.15) is 0 Å². The molecule has 0 amide bonds. The maximum Gasteiger partial charge on any atom is 0.137 e. The predicted molar refractivity (Wildman–Crippen MR) is 52.5 cm³/mol. The molecule has 1 aromatic rings. The second kappa shape index (κ2) is 4.51. The van der Waals surface area contributed by atoms with Gasteiger partial charge in [0, 0.05) is 12.1 Å². The van der Waals surface area contributed by atoms with Crippen molar-refractivity contribution in [2.45, 2.75) is 13.3 Å². The summed E-state index contributed by atoms with van der Waals surface area (Å²) in [4.78, 5) is 4.05. The number of methoxy groups -OCH3 is 1. The Morgan fingerprint density at radius 1 is 1.62 bits per heavy atom. The lowest BCUT2D eigenvalue weighted by molar-refractivity contribution is 0.412. The Bertz CT molecular complexity index is 314. The number of hydrogen-bond donors (Lipinski definition) is 0. The molecule has 1 unspecified atom stereocenters. The molecule has 0 aliphatic heterocycles. The van der Waals surface area contributed by atoms with Crippen LogP contribution < -0.4 is 4.74 Å². The number of nitrogens with zero attached hydrogens (tertiary/aromatic N) is 1. The van der Waals surface area contributed by atoms with Gasteiger partial charge >= 0.3 is 0 Å². The van der Waals surface area contributed by atoms with Gasteiger partial charge < -0.3 is 4.74 Å². The molecule has 0 saturated heterocycles. The molecule has 1 aromatic heterocycles. The molecule has 2 nitrogen and oxygen atoms in total. The van der Waals surface area contributed by atoms with Gasteiger partial charge in [-0.15, -0.1) is 12.3 Å². The Hall–Kier alpha value is -1.49. The number of pyridine rings is 1. The zero-order chi connectivity index (χ0) is 9.68. The largest absolute Gasteiger partial charge is 0.495 e. The first-order valence-electron chi connectivity index (χ1n) is 4.20. The molecule has 1 heterocycles. The minimum atomic E-state index is 0.244. The summed E-state index contributed by atoms with van der Waals surface area (Å²) in [6.07, 6.45) is 9.64. The summed E-state index contributed by atoms with van der Waals surface area (Å²) in [7, 11) is 1.63. The van der Waals surface area contributed by atoms with Crippen molar-refractivity contribution in [1.29, 1.82) is 0 Å². The summed E-state index contributed by atoms with van der Waals surface area (Å²) in [5, 5.41) is 0. The molecule has 0 N–H and O–H groups in total. The molecular formula is C11H13NO. The van der Waals surface area contributed by atoms with E-state index in [1.165, 1.54) is 0 Å². The summed E-state index contributed by atoms with van der Waals surface area (Å²) in [5.41, 5.74) is 1.12. The van der Waals surface area contributed by atoms with E-state index in [0.717, 1.165) is 17.7 Å². The highest BCUT2D eigenvalue weighted by atomic mass is 16.5. The van der Waals surface area contributed by atoms with Gasteiger partial charge in [-0.25, -0.2) is 0 Å². The minimum absolute atomic E-state index is 0.244. The molecule has 0 radical (unpaired) electrons. The van der Waals surface area contributed by atoms with Crippen LogP contribution >= 0.6 is 0 Å². The molecule has 1 atom stereocenters. The van der Waals surface area contributed by atoms with E-state index in [-0.39, 0.29) is 5.92 Å². The van der Waals surface area contributed by atoms with Gasteiger partial charge in [0.25, 0.3) is 0 Å². The summed E-state index contributed by atoms with van der Waals surface area (Å²) in [5.74, 6) is 3.71. The number of terminal acetylenes is 1. The van der Waals surface area contributed by atoms with Crippen LogP contribution in [0.3, 0.4) is 0 Å². The summed E-state index contributed by atoms with van der Waals surface area (Å²) in [6, 6.07) is 1.96. The molecule has 0 fully saturated rings. The third-order valence-corrected chi connectivity index (χ3v) is 1.83. The predicted octanol–water partition coefficient (Wildman–Crippen LogP) is 1.90. The van der Waals surface area contributed by atoms with E-state index in [4.69, 9.17) is 11.2 Å². The Morgan fingerprint density at radius 3 is 3.00 bits per heavy atom. The zero-order valence-electron chi connectivity index (χ0n) is 7.95. The number of aromatic nitrogens is 1. The van der Waals surface area contributed by atoms with Crippen molar-refractivity contribution in [3.63, 3.8) is 0 Å². The summed E-state index contributed by atoms with van der Waals surface area (Å²) in [6.45, 7) is 2.01. The highest BCUT2D eigenvalue weighted by molar-refractivity contribution is 5.24. The molecule has 2 heteroatoms. The first-order valence-corrected chi connectivity index (χ1v) is 4.20. The average Bonchev–Trinajstić information content (AvgIpc) is 2.18. The summed E-state index contributed by atoms with van der Waals surface area (Å²) >= 11 is 0. The van der Waals surface area contributed by atoms with Gasteiger partial charge in [0.2, 0.25) is 0 Å². The van der Waals surface area contributed by atoms with Gasteiger partial charge in [-0.3, -0.25) is 4.98 Å². The minimum Gasteiger partial charge on any atom is -0.495 e. The molecule has 0 saturated carbocycles.